The Morgan fingerprint density at radius 1 is 1.67 bits per heavy atom. The van der Waals surface area contributed by atoms with Crippen LogP contribution in [0.2, 0.25) is 0 Å². The van der Waals surface area contributed by atoms with Gasteiger partial charge in [-0.1, -0.05) is 6.42 Å². The zero-order valence-electron chi connectivity index (χ0n) is 8.95. The average molecular weight is 208 g/mol. The van der Waals surface area contributed by atoms with E-state index < -0.39 is 0 Å². The van der Waals surface area contributed by atoms with Crippen molar-refractivity contribution in [3.8, 4) is 0 Å². The van der Waals surface area contributed by atoms with Gasteiger partial charge in [-0.15, -0.1) is 0 Å². The first-order chi connectivity index (χ1) is 7.25. The minimum Gasteiger partial charge on any atom is -0.446 e. The lowest BCUT2D eigenvalue weighted by atomic mass is 9.85. The maximum atomic E-state index is 11.5. The van der Waals surface area contributed by atoms with E-state index in [0.717, 1.165) is 18.6 Å². The summed E-state index contributed by atoms with van der Waals surface area (Å²) in [6.45, 7) is 2.48. The maximum Gasteiger partial charge on any atom is 0.223 e. The Kier molecular flexibility index (Phi) is 3.04. The molecule has 1 heterocycles. The molecule has 1 N–H and O–H groups in total. The highest BCUT2D eigenvalue weighted by atomic mass is 16.4. The number of aromatic nitrogens is 1. The maximum absolute atomic E-state index is 11.5. The molecule has 1 aliphatic carbocycles. The molecule has 1 amide bonds. The normalized spacial score (nSPS) is 16.1. The fourth-order valence-corrected chi connectivity index (χ4v) is 1.62. The Labute approximate surface area is 89.1 Å². The third-order valence-electron chi connectivity index (χ3n) is 2.78. The molecule has 0 spiro atoms. The first-order valence-corrected chi connectivity index (χ1v) is 5.45. The van der Waals surface area contributed by atoms with Gasteiger partial charge in [-0.2, -0.15) is 0 Å². The molecule has 0 unspecified atom stereocenters. The summed E-state index contributed by atoms with van der Waals surface area (Å²) in [6.07, 6.45) is 5.65. The molecular weight excluding hydrogens is 192 g/mol. The molecule has 1 fully saturated rings. The first kappa shape index (κ1) is 10.2. The van der Waals surface area contributed by atoms with Crippen molar-refractivity contribution in [2.24, 2.45) is 5.92 Å². The molecule has 1 saturated carbocycles. The van der Waals surface area contributed by atoms with Crippen molar-refractivity contribution in [1.82, 2.24) is 10.3 Å². The molecule has 0 saturated heterocycles. The van der Waals surface area contributed by atoms with Crippen molar-refractivity contribution in [1.29, 1.82) is 0 Å². The van der Waals surface area contributed by atoms with Gasteiger partial charge in [-0.3, -0.25) is 4.79 Å². The van der Waals surface area contributed by atoms with Crippen molar-refractivity contribution in [2.75, 3.05) is 6.54 Å². The molecule has 15 heavy (non-hydrogen) atoms. The third-order valence-corrected chi connectivity index (χ3v) is 2.78. The predicted octanol–water partition coefficient (Wildman–Crippen LogP) is 1.44. The highest BCUT2D eigenvalue weighted by Gasteiger charge is 2.24. The van der Waals surface area contributed by atoms with E-state index in [2.05, 4.69) is 10.3 Å². The molecule has 2 rings (SSSR count). The van der Waals surface area contributed by atoms with Gasteiger partial charge in [0.25, 0.3) is 0 Å². The van der Waals surface area contributed by atoms with E-state index in [0.29, 0.717) is 18.9 Å². The van der Waals surface area contributed by atoms with Gasteiger partial charge in [0.2, 0.25) is 5.91 Å². The van der Waals surface area contributed by atoms with Gasteiger partial charge in [0.1, 0.15) is 5.76 Å². The number of oxazole rings is 1. The molecule has 1 aromatic heterocycles. The molecule has 82 valence electrons. The molecule has 0 bridgehead atoms. The Balaban J connectivity index is 1.68. The number of hydrogen-bond acceptors (Lipinski definition) is 3. The van der Waals surface area contributed by atoms with Gasteiger partial charge in [0.15, 0.2) is 5.89 Å². The first-order valence-electron chi connectivity index (χ1n) is 5.45. The van der Waals surface area contributed by atoms with E-state index in [-0.39, 0.29) is 11.8 Å². The fraction of sp³-hybridized carbons (Fsp3) is 0.636. The number of nitrogens with one attached hydrogen (secondary N) is 1. The van der Waals surface area contributed by atoms with Gasteiger partial charge >= 0.3 is 0 Å². The highest BCUT2D eigenvalue weighted by Crippen LogP contribution is 2.25. The monoisotopic (exact) mass is 208 g/mol. The van der Waals surface area contributed by atoms with Crippen molar-refractivity contribution < 1.29 is 9.21 Å². The molecule has 4 nitrogen and oxygen atoms in total. The lowest BCUT2D eigenvalue weighted by molar-refractivity contribution is -0.127. The smallest absolute Gasteiger partial charge is 0.223 e. The summed E-state index contributed by atoms with van der Waals surface area (Å²) in [5, 5.41) is 2.90. The molecule has 0 aromatic carbocycles. The molecule has 0 radical (unpaired) electrons. The van der Waals surface area contributed by atoms with Crippen molar-refractivity contribution in [3.05, 3.63) is 17.8 Å². The number of rotatable bonds is 4. The quantitative estimate of drug-likeness (QED) is 0.814. The van der Waals surface area contributed by atoms with Crippen LogP contribution in [0.1, 0.15) is 30.9 Å². The van der Waals surface area contributed by atoms with E-state index >= 15 is 0 Å². The molecular formula is C11H16N2O2. The van der Waals surface area contributed by atoms with Crippen molar-refractivity contribution >= 4 is 5.91 Å². The summed E-state index contributed by atoms with van der Waals surface area (Å²) in [4.78, 5) is 15.5. The van der Waals surface area contributed by atoms with Crippen LogP contribution in [0.5, 0.6) is 0 Å². The second-order valence-electron chi connectivity index (χ2n) is 4.03. The predicted molar refractivity (Wildman–Crippen MR) is 55.3 cm³/mol. The van der Waals surface area contributed by atoms with Crippen LogP contribution in [0, 0.1) is 12.8 Å². The van der Waals surface area contributed by atoms with E-state index in [9.17, 15) is 4.79 Å². The standard InChI is InChI=1S/C11H16N2O2/c1-8-7-13-10(15-8)5-6-12-11(14)9-3-2-4-9/h7,9H,2-6H2,1H3,(H,12,14). The average Bonchev–Trinajstić information content (AvgIpc) is 2.48. The number of aryl methyl sites for hydroxylation is 1. The number of carbonyl (C=O) groups is 1. The van der Waals surface area contributed by atoms with Crippen LogP contribution in [-0.2, 0) is 11.2 Å². The Morgan fingerprint density at radius 2 is 2.47 bits per heavy atom. The van der Waals surface area contributed by atoms with E-state index in [1.54, 1.807) is 6.20 Å². The molecule has 0 atom stereocenters. The van der Waals surface area contributed by atoms with Crippen LogP contribution in [0.4, 0.5) is 0 Å². The van der Waals surface area contributed by atoms with Gasteiger partial charge in [0, 0.05) is 18.9 Å². The van der Waals surface area contributed by atoms with E-state index in [4.69, 9.17) is 4.42 Å². The Hall–Kier alpha value is -1.32. The van der Waals surface area contributed by atoms with Gasteiger partial charge in [0.05, 0.1) is 6.20 Å². The summed E-state index contributed by atoms with van der Waals surface area (Å²) in [5.41, 5.74) is 0. The summed E-state index contributed by atoms with van der Waals surface area (Å²) in [7, 11) is 0. The Morgan fingerprint density at radius 3 is 3.00 bits per heavy atom. The van der Waals surface area contributed by atoms with Crippen LogP contribution < -0.4 is 5.32 Å². The van der Waals surface area contributed by atoms with Crippen LogP contribution in [0.25, 0.3) is 0 Å². The molecule has 4 heteroatoms. The lowest BCUT2D eigenvalue weighted by Gasteiger charge is -2.23. The van der Waals surface area contributed by atoms with Crippen molar-refractivity contribution in [2.45, 2.75) is 32.6 Å². The lowest BCUT2D eigenvalue weighted by Crippen LogP contribution is -2.35. The molecule has 1 aromatic rings. The number of nitrogens with zero attached hydrogens (tertiary/aromatic N) is 1. The summed E-state index contributed by atoms with van der Waals surface area (Å²) >= 11 is 0. The van der Waals surface area contributed by atoms with Crippen LogP contribution >= 0.6 is 0 Å². The van der Waals surface area contributed by atoms with Crippen LogP contribution in [0.3, 0.4) is 0 Å². The van der Waals surface area contributed by atoms with Gasteiger partial charge < -0.3 is 9.73 Å². The van der Waals surface area contributed by atoms with Crippen LogP contribution in [0.15, 0.2) is 10.6 Å². The molecule has 1 aliphatic rings. The third kappa shape index (κ3) is 2.58. The summed E-state index contributed by atoms with van der Waals surface area (Å²) in [6, 6.07) is 0. The summed E-state index contributed by atoms with van der Waals surface area (Å²) in [5.74, 6) is 1.96. The summed E-state index contributed by atoms with van der Waals surface area (Å²) < 4.78 is 5.30. The highest BCUT2D eigenvalue weighted by molar-refractivity contribution is 5.79. The number of hydrogen-bond donors (Lipinski definition) is 1. The largest absolute Gasteiger partial charge is 0.446 e. The fourth-order valence-electron chi connectivity index (χ4n) is 1.62. The van der Waals surface area contributed by atoms with Gasteiger partial charge in [-0.25, -0.2) is 4.98 Å². The number of amides is 1. The number of carbonyl (C=O) groups excluding carboxylic acids is 1. The minimum atomic E-state index is 0.185. The SMILES string of the molecule is Cc1cnc(CCNC(=O)C2CCC2)o1. The second-order valence-corrected chi connectivity index (χ2v) is 4.03. The van der Waals surface area contributed by atoms with Crippen molar-refractivity contribution in [3.63, 3.8) is 0 Å². The van der Waals surface area contributed by atoms with E-state index in [1.807, 2.05) is 6.92 Å². The zero-order valence-corrected chi connectivity index (χ0v) is 8.95. The van der Waals surface area contributed by atoms with E-state index in [1.165, 1.54) is 6.42 Å². The Bertz CT molecular complexity index is 342. The zero-order chi connectivity index (χ0) is 10.7. The van der Waals surface area contributed by atoms with Crippen LogP contribution in [-0.4, -0.2) is 17.4 Å². The topological polar surface area (TPSA) is 55.1 Å². The minimum absolute atomic E-state index is 0.185. The second kappa shape index (κ2) is 4.47. The van der Waals surface area contributed by atoms with Gasteiger partial charge in [-0.05, 0) is 19.8 Å². The molecule has 0 aliphatic heterocycles.